The van der Waals surface area contributed by atoms with E-state index < -0.39 is 11.6 Å². The number of nitriles is 2. The second-order valence-electron chi connectivity index (χ2n) is 8.32. The predicted molar refractivity (Wildman–Crippen MR) is 129 cm³/mol. The quantitative estimate of drug-likeness (QED) is 0.176. The van der Waals surface area contributed by atoms with Crippen LogP contribution in [0.4, 0.5) is 0 Å². The highest BCUT2D eigenvalue weighted by Crippen LogP contribution is 2.31. The Labute approximate surface area is 193 Å². The fourth-order valence-electron chi connectivity index (χ4n) is 3.73. The molecule has 2 rings (SSSR count). The number of thiol groups is 1. The van der Waals surface area contributed by atoms with Crippen LogP contribution in [0, 0.1) is 28.6 Å². The lowest BCUT2D eigenvalue weighted by Crippen LogP contribution is -2.10. The minimum Gasteiger partial charge on any atom is -0.427 e. The summed E-state index contributed by atoms with van der Waals surface area (Å²) in [5, 5.41) is 16.9. The highest BCUT2D eigenvalue weighted by atomic mass is 32.1. The number of hydrogen-bond acceptors (Lipinski definition) is 5. The van der Waals surface area contributed by atoms with E-state index in [1.807, 2.05) is 12.1 Å². The molecular weight excluding hydrogens is 404 g/mol. The molecule has 0 radical (unpaired) electrons. The fourth-order valence-corrected chi connectivity index (χ4v) is 3.73. The van der Waals surface area contributed by atoms with Crippen molar-refractivity contribution in [2.45, 2.75) is 110 Å². The topological polar surface area (TPSA) is 81.7 Å². The van der Waals surface area contributed by atoms with Crippen molar-refractivity contribution in [1.29, 1.82) is 10.5 Å². The maximum absolute atomic E-state index is 8.45. The molecule has 0 spiro atoms. The Balaban J connectivity index is 0.000000580. The Morgan fingerprint density at radius 3 is 1.48 bits per heavy atom. The molecule has 0 aromatic heterocycles. The minimum absolute atomic E-state index is 0.435. The number of benzene rings is 1. The maximum atomic E-state index is 8.45. The van der Waals surface area contributed by atoms with E-state index in [0.29, 0.717) is 11.1 Å². The molecule has 0 bridgehead atoms. The normalized spacial score (nSPS) is 12.2. The van der Waals surface area contributed by atoms with Gasteiger partial charge in [0.2, 0.25) is 0 Å². The van der Waals surface area contributed by atoms with Gasteiger partial charge in [-0.05, 0) is 18.1 Å². The molecule has 0 unspecified atom stereocenters. The van der Waals surface area contributed by atoms with Gasteiger partial charge in [0.05, 0.1) is 11.1 Å². The number of rotatable bonds is 13. The van der Waals surface area contributed by atoms with E-state index in [2.05, 4.69) is 6.92 Å². The van der Waals surface area contributed by atoms with Gasteiger partial charge in [-0.2, -0.15) is 10.5 Å². The molecule has 1 fully saturated rings. The van der Waals surface area contributed by atoms with Crippen LogP contribution in [0.2, 0.25) is 0 Å². The van der Waals surface area contributed by atoms with Crippen LogP contribution in [0.3, 0.4) is 0 Å². The molecule has 1 saturated carbocycles. The van der Waals surface area contributed by atoms with Gasteiger partial charge in [-0.1, -0.05) is 133 Å². The summed E-state index contributed by atoms with van der Waals surface area (Å²) >= 11 is -1.08. The van der Waals surface area contributed by atoms with Gasteiger partial charge >= 0.3 is 0 Å². The maximum Gasteiger partial charge on any atom is 0.101 e. The summed E-state index contributed by atoms with van der Waals surface area (Å²) in [6.07, 6.45) is 23.9. The van der Waals surface area contributed by atoms with Gasteiger partial charge in [-0.25, -0.2) is 0 Å². The molecule has 4 nitrogen and oxygen atoms in total. The van der Waals surface area contributed by atoms with Gasteiger partial charge in [0.25, 0.3) is 0 Å². The van der Waals surface area contributed by atoms with E-state index in [-0.39, 0.29) is 0 Å². The Morgan fingerprint density at radius 2 is 1.16 bits per heavy atom. The third kappa shape index (κ3) is 17.5. The molecule has 31 heavy (non-hydrogen) atoms. The summed E-state index contributed by atoms with van der Waals surface area (Å²) < 4.78 is 16.7. The largest absolute Gasteiger partial charge is 0.427 e. The first-order valence-electron chi connectivity index (χ1n) is 12.1. The second-order valence-corrected chi connectivity index (χ2v) is 8.47. The van der Waals surface area contributed by atoms with Crippen molar-refractivity contribution in [3.63, 3.8) is 0 Å². The highest BCUT2D eigenvalue weighted by Gasteiger charge is 2.15. The summed E-state index contributed by atoms with van der Waals surface area (Å²) in [5.74, 6) is 1.13. The van der Waals surface area contributed by atoms with Crippen LogP contribution in [-0.4, -0.2) is 0 Å². The van der Waals surface area contributed by atoms with Crippen molar-refractivity contribution in [1.82, 2.24) is 0 Å². The lowest BCUT2D eigenvalue weighted by Gasteiger charge is -2.24. The Kier molecular flexibility index (Phi) is 21.5. The first kappa shape index (κ1) is 29.1. The summed E-state index contributed by atoms with van der Waals surface area (Å²) in [4.78, 5) is 0. The molecule has 174 valence electrons. The van der Waals surface area contributed by atoms with Crippen LogP contribution in [0.15, 0.2) is 24.3 Å². The molecule has 0 heterocycles. The van der Waals surface area contributed by atoms with Gasteiger partial charge in [0.15, 0.2) is 0 Å². The monoisotopic (exact) mass is 445 g/mol. The molecule has 1 aromatic carbocycles. The van der Waals surface area contributed by atoms with E-state index in [1.165, 1.54) is 103 Å². The Bertz CT molecular complexity index is 636. The van der Waals surface area contributed by atoms with Crippen LogP contribution < -0.4 is 0 Å². The molecule has 1 aliphatic rings. The zero-order valence-corrected chi connectivity index (χ0v) is 20.3. The molecule has 0 aliphatic heterocycles. The smallest absolute Gasteiger partial charge is 0.101 e. The van der Waals surface area contributed by atoms with Gasteiger partial charge in [-0.15, -0.1) is 0 Å². The van der Waals surface area contributed by atoms with Crippen LogP contribution in [-0.2, 0) is 20.0 Å². The van der Waals surface area contributed by atoms with E-state index >= 15 is 0 Å². The third-order valence-electron chi connectivity index (χ3n) is 5.86. The standard InChI is InChI=1S/C18H36.C8H4N2.HO2S/c1-2-3-4-5-6-7-8-9-10-11-12-13-15-18-16-14-17-18;9-5-7-3-1-2-4-8(7)6-10;1-3-2/h18H,2-17H2,1H3;1-4H;3H/q;;-1. The summed E-state index contributed by atoms with van der Waals surface area (Å²) in [6.45, 7) is 2.30. The van der Waals surface area contributed by atoms with E-state index in [9.17, 15) is 0 Å². The Hall–Kier alpha value is -1.85. The van der Waals surface area contributed by atoms with Crippen molar-refractivity contribution < 1.29 is 8.42 Å². The van der Waals surface area contributed by atoms with Crippen molar-refractivity contribution in [2.24, 2.45) is 5.92 Å². The van der Waals surface area contributed by atoms with Gasteiger partial charge < -0.3 is 8.42 Å². The summed E-state index contributed by atoms with van der Waals surface area (Å²) in [7, 11) is 0. The van der Waals surface area contributed by atoms with E-state index in [1.54, 1.807) is 24.3 Å². The molecule has 0 amide bonds. The van der Waals surface area contributed by atoms with Crippen molar-refractivity contribution in [3.05, 3.63) is 35.4 Å². The summed E-state index contributed by atoms with van der Waals surface area (Å²) in [6, 6.07) is 10.6. The minimum atomic E-state index is -1.08. The first-order valence-corrected chi connectivity index (χ1v) is 12.8. The fraction of sp³-hybridized carbons (Fsp3) is 0.692. The van der Waals surface area contributed by atoms with Gasteiger partial charge in [0, 0.05) is 0 Å². The van der Waals surface area contributed by atoms with E-state index in [0.717, 1.165) is 5.92 Å². The van der Waals surface area contributed by atoms with Crippen molar-refractivity contribution in [2.75, 3.05) is 0 Å². The number of nitrogens with zero attached hydrogens (tertiary/aromatic N) is 2. The van der Waals surface area contributed by atoms with Gasteiger partial charge in [-0.3, -0.25) is 0 Å². The first-order chi connectivity index (χ1) is 15.2. The average Bonchev–Trinajstić information content (AvgIpc) is 2.76. The molecule has 1 aliphatic carbocycles. The van der Waals surface area contributed by atoms with Crippen LogP contribution in [0.5, 0.6) is 0 Å². The van der Waals surface area contributed by atoms with Crippen LogP contribution in [0.25, 0.3) is 0 Å². The molecule has 0 atom stereocenters. The summed E-state index contributed by atoms with van der Waals surface area (Å²) in [5.41, 5.74) is 0.870. The molecule has 0 N–H and O–H groups in total. The highest BCUT2D eigenvalue weighted by molar-refractivity contribution is 7.51. The average molecular weight is 446 g/mol. The van der Waals surface area contributed by atoms with Crippen molar-refractivity contribution >= 4 is 11.6 Å². The van der Waals surface area contributed by atoms with Crippen molar-refractivity contribution in [3.8, 4) is 12.1 Å². The van der Waals surface area contributed by atoms with Gasteiger partial charge in [0.1, 0.15) is 12.1 Å². The van der Waals surface area contributed by atoms with Crippen LogP contribution in [0.1, 0.15) is 121 Å². The predicted octanol–water partition coefficient (Wildman–Crippen LogP) is 7.80. The third-order valence-corrected chi connectivity index (χ3v) is 5.86. The van der Waals surface area contributed by atoms with Crippen LogP contribution >= 0.6 is 0 Å². The lowest BCUT2D eigenvalue weighted by molar-refractivity contribution is 0.286. The van der Waals surface area contributed by atoms with E-state index in [4.69, 9.17) is 18.9 Å². The second kappa shape index (κ2) is 22.8. The molecular formula is C26H41N2O2S-. The number of unbranched alkanes of at least 4 members (excludes halogenated alkanes) is 11. The lowest BCUT2D eigenvalue weighted by atomic mass is 9.81. The SMILES string of the molecule is CCCCCCCCCCCCCCC1CCC1.N#Cc1ccccc1C#N.O=[SH-]=O. The molecule has 0 saturated heterocycles. The zero-order chi connectivity index (χ0) is 23.0. The Morgan fingerprint density at radius 1 is 0.774 bits per heavy atom. The molecule has 1 aromatic rings. The number of hydrogen-bond donors (Lipinski definition) is 0. The molecule has 5 heteroatoms. The zero-order valence-electron chi connectivity index (χ0n) is 19.4.